The molecule has 1 aromatic carbocycles. The van der Waals surface area contributed by atoms with Crippen LogP contribution in [0.25, 0.3) is 0 Å². The van der Waals surface area contributed by atoms with E-state index in [1.807, 2.05) is 24.3 Å². The highest BCUT2D eigenvalue weighted by atomic mass is 79.9. The number of nitrogens with zero attached hydrogens (tertiary/aromatic N) is 2. The van der Waals surface area contributed by atoms with E-state index in [4.69, 9.17) is 0 Å². The zero-order chi connectivity index (χ0) is 14.4. The van der Waals surface area contributed by atoms with E-state index < -0.39 is 0 Å². The van der Waals surface area contributed by atoms with Gasteiger partial charge in [-0.25, -0.2) is 0 Å². The van der Waals surface area contributed by atoms with Gasteiger partial charge in [0.25, 0.3) is 0 Å². The zero-order valence-corrected chi connectivity index (χ0v) is 13.7. The Morgan fingerprint density at radius 3 is 2.65 bits per heavy atom. The molecule has 1 saturated heterocycles. The SMILES string of the molecule is CN(CCC(=O)c1ccccc1Br)CCN1CCCC1. The molecule has 1 heterocycles. The number of rotatable bonds is 7. The molecule has 0 saturated carbocycles. The second kappa shape index (κ2) is 7.91. The smallest absolute Gasteiger partial charge is 0.165 e. The standard InChI is InChI=1S/C16H23BrN2O/c1-18(12-13-19-9-4-5-10-19)11-8-16(20)14-6-2-3-7-15(14)17/h2-3,6-7H,4-5,8-13H2,1H3. The first-order chi connectivity index (χ1) is 9.66. The number of carbonyl (C=O) groups is 1. The van der Waals surface area contributed by atoms with Crippen LogP contribution in [0.4, 0.5) is 0 Å². The summed E-state index contributed by atoms with van der Waals surface area (Å²) in [5, 5.41) is 0. The molecule has 1 aliphatic rings. The van der Waals surface area contributed by atoms with Crippen molar-refractivity contribution in [2.45, 2.75) is 19.3 Å². The Labute approximate surface area is 130 Å². The van der Waals surface area contributed by atoms with Gasteiger partial charge in [-0.2, -0.15) is 0 Å². The van der Waals surface area contributed by atoms with Gasteiger partial charge in [0.1, 0.15) is 0 Å². The second-order valence-corrected chi connectivity index (χ2v) is 6.36. The van der Waals surface area contributed by atoms with E-state index >= 15 is 0 Å². The fourth-order valence-electron chi connectivity index (χ4n) is 2.54. The minimum Gasteiger partial charge on any atom is -0.305 e. The van der Waals surface area contributed by atoms with Crippen molar-refractivity contribution in [1.29, 1.82) is 0 Å². The highest BCUT2D eigenvalue weighted by molar-refractivity contribution is 9.10. The molecular weight excluding hydrogens is 316 g/mol. The molecule has 0 unspecified atom stereocenters. The first-order valence-electron chi connectivity index (χ1n) is 7.35. The molecule has 0 radical (unpaired) electrons. The number of likely N-dealkylation sites (N-methyl/N-ethyl adjacent to an activating group) is 1. The number of likely N-dealkylation sites (tertiary alicyclic amines) is 1. The zero-order valence-electron chi connectivity index (χ0n) is 12.1. The lowest BCUT2D eigenvalue weighted by molar-refractivity contribution is 0.0966. The van der Waals surface area contributed by atoms with Crippen LogP contribution in [0.15, 0.2) is 28.7 Å². The van der Waals surface area contributed by atoms with Crippen molar-refractivity contribution in [3.05, 3.63) is 34.3 Å². The third-order valence-corrected chi connectivity index (χ3v) is 4.58. The number of hydrogen-bond donors (Lipinski definition) is 0. The van der Waals surface area contributed by atoms with Gasteiger partial charge < -0.3 is 9.80 Å². The maximum absolute atomic E-state index is 12.2. The van der Waals surface area contributed by atoms with Crippen molar-refractivity contribution in [2.24, 2.45) is 0 Å². The Kier molecular flexibility index (Phi) is 6.20. The van der Waals surface area contributed by atoms with E-state index in [1.165, 1.54) is 25.9 Å². The van der Waals surface area contributed by atoms with Gasteiger partial charge in [-0.05, 0) is 39.0 Å². The molecule has 0 spiro atoms. The van der Waals surface area contributed by atoms with Gasteiger partial charge in [0, 0.05) is 36.1 Å². The van der Waals surface area contributed by atoms with Crippen molar-refractivity contribution in [2.75, 3.05) is 39.8 Å². The van der Waals surface area contributed by atoms with E-state index in [0.717, 1.165) is 29.7 Å². The largest absolute Gasteiger partial charge is 0.305 e. The van der Waals surface area contributed by atoms with E-state index in [1.54, 1.807) is 0 Å². The topological polar surface area (TPSA) is 23.6 Å². The van der Waals surface area contributed by atoms with Crippen LogP contribution >= 0.6 is 15.9 Å². The van der Waals surface area contributed by atoms with Crippen LogP contribution in [0.2, 0.25) is 0 Å². The summed E-state index contributed by atoms with van der Waals surface area (Å²) in [5.74, 6) is 0.213. The Morgan fingerprint density at radius 1 is 1.25 bits per heavy atom. The molecule has 0 bridgehead atoms. The van der Waals surface area contributed by atoms with E-state index in [9.17, 15) is 4.79 Å². The Hall–Kier alpha value is -0.710. The van der Waals surface area contributed by atoms with Gasteiger partial charge in [-0.1, -0.05) is 34.1 Å². The first-order valence-corrected chi connectivity index (χ1v) is 8.15. The number of halogens is 1. The quantitative estimate of drug-likeness (QED) is 0.714. The predicted octanol–water partition coefficient (Wildman–Crippen LogP) is 3.05. The summed E-state index contributed by atoms with van der Waals surface area (Å²) in [7, 11) is 2.10. The number of carbonyl (C=O) groups excluding carboxylic acids is 1. The molecule has 1 aliphatic heterocycles. The van der Waals surface area contributed by atoms with Crippen LogP contribution < -0.4 is 0 Å². The first kappa shape index (κ1) is 15.7. The van der Waals surface area contributed by atoms with E-state index in [-0.39, 0.29) is 5.78 Å². The van der Waals surface area contributed by atoms with Crippen LogP contribution in [-0.2, 0) is 0 Å². The molecule has 0 aliphatic carbocycles. The molecule has 20 heavy (non-hydrogen) atoms. The summed E-state index contributed by atoms with van der Waals surface area (Å²) >= 11 is 3.44. The van der Waals surface area contributed by atoms with Gasteiger partial charge in [0.05, 0.1) is 0 Å². The maximum Gasteiger partial charge on any atom is 0.165 e. The average molecular weight is 339 g/mol. The molecule has 0 amide bonds. The lowest BCUT2D eigenvalue weighted by Gasteiger charge is -2.21. The van der Waals surface area contributed by atoms with Crippen molar-refractivity contribution < 1.29 is 4.79 Å². The highest BCUT2D eigenvalue weighted by Gasteiger charge is 2.13. The van der Waals surface area contributed by atoms with Gasteiger partial charge in [0.15, 0.2) is 5.78 Å². The minimum atomic E-state index is 0.213. The molecule has 3 nitrogen and oxygen atoms in total. The average Bonchev–Trinajstić information content (AvgIpc) is 2.96. The van der Waals surface area contributed by atoms with Gasteiger partial charge in [0.2, 0.25) is 0 Å². The summed E-state index contributed by atoms with van der Waals surface area (Å²) in [6.45, 7) is 5.48. The lowest BCUT2D eigenvalue weighted by atomic mass is 10.1. The van der Waals surface area contributed by atoms with Crippen LogP contribution in [-0.4, -0.2) is 55.4 Å². The highest BCUT2D eigenvalue weighted by Crippen LogP contribution is 2.17. The molecule has 0 aromatic heterocycles. The number of ketones is 1. The molecular formula is C16H23BrN2O. The Balaban J connectivity index is 1.71. The van der Waals surface area contributed by atoms with Gasteiger partial charge in [-0.3, -0.25) is 4.79 Å². The molecule has 4 heteroatoms. The van der Waals surface area contributed by atoms with E-state index in [0.29, 0.717) is 6.42 Å². The third-order valence-electron chi connectivity index (χ3n) is 3.89. The summed E-state index contributed by atoms with van der Waals surface area (Å²) in [6, 6.07) is 7.65. The third kappa shape index (κ3) is 4.69. The molecule has 0 N–H and O–H groups in total. The van der Waals surface area contributed by atoms with Crippen molar-refractivity contribution >= 4 is 21.7 Å². The maximum atomic E-state index is 12.2. The summed E-state index contributed by atoms with van der Waals surface area (Å²) < 4.78 is 0.893. The fourth-order valence-corrected chi connectivity index (χ4v) is 3.05. The number of hydrogen-bond acceptors (Lipinski definition) is 3. The Morgan fingerprint density at radius 2 is 1.95 bits per heavy atom. The molecule has 110 valence electrons. The van der Waals surface area contributed by atoms with E-state index in [2.05, 4.69) is 32.8 Å². The fraction of sp³-hybridized carbons (Fsp3) is 0.562. The van der Waals surface area contributed by atoms with Crippen molar-refractivity contribution in [1.82, 2.24) is 9.80 Å². The Bertz CT molecular complexity index is 444. The number of Topliss-reactive ketones (excluding diaryl/α,β-unsaturated/α-hetero) is 1. The second-order valence-electron chi connectivity index (χ2n) is 5.51. The summed E-state index contributed by atoms with van der Waals surface area (Å²) in [5.41, 5.74) is 0.792. The van der Waals surface area contributed by atoms with Crippen LogP contribution in [0.5, 0.6) is 0 Å². The normalized spacial score (nSPS) is 15.9. The summed E-state index contributed by atoms with van der Waals surface area (Å²) in [6.07, 6.45) is 3.26. The molecule has 1 fully saturated rings. The monoisotopic (exact) mass is 338 g/mol. The number of benzene rings is 1. The van der Waals surface area contributed by atoms with Crippen LogP contribution in [0.1, 0.15) is 29.6 Å². The predicted molar refractivity (Wildman–Crippen MR) is 86.3 cm³/mol. The van der Waals surface area contributed by atoms with Crippen molar-refractivity contribution in [3.8, 4) is 0 Å². The minimum absolute atomic E-state index is 0.213. The molecule has 1 aromatic rings. The molecule has 0 atom stereocenters. The van der Waals surface area contributed by atoms with Gasteiger partial charge >= 0.3 is 0 Å². The van der Waals surface area contributed by atoms with Crippen molar-refractivity contribution in [3.63, 3.8) is 0 Å². The van der Waals surface area contributed by atoms with Crippen LogP contribution in [0, 0.1) is 0 Å². The van der Waals surface area contributed by atoms with Gasteiger partial charge in [-0.15, -0.1) is 0 Å². The summed E-state index contributed by atoms with van der Waals surface area (Å²) in [4.78, 5) is 16.9. The van der Waals surface area contributed by atoms with Crippen LogP contribution in [0.3, 0.4) is 0 Å². The lowest BCUT2D eigenvalue weighted by Crippen LogP contribution is -2.32. The molecule has 2 rings (SSSR count).